The average molecular weight is 791 g/mol. The maximum atomic E-state index is 2.40. The molecule has 0 N–H and O–H groups in total. The molecule has 11 aromatic rings. The summed E-state index contributed by atoms with van der Waals surface area (Å²) in [5, 5.41) is 2.50. The summed E-state index contributed by atoms with van der Waals surface area (Å²) in [4.78, 5) is 2.40. The molecule has 62 heavy (non-hydrogen) atoms. The van der Waals surface area contributed by atoms with Crippen molar-refractivity contribution in [1.29, 1.82) is 0 Å². The predicted octanol–water partition coefficient (Wildman–Crippen LogP) is 16.6. The van der Waals surface area contributed by atoms with Crippen molar-refractivity contribution in [1.82, 2.24) is 4.57 Å². The predicted molar refractivity (Wildman–Crippen MR) is 263 cm³/mol. The number of rotatable bonds is 9. The fourth-order valence-corrected chi connectivity index (χ4v) is 9.05. The van der Waals surface area contributed by atoms with Crippen LogP contribution in [0.1, 0.15) is 0 Å². The van der Waals surface area contributed by atoms with Crippen LogP contribution in [0.5, 0.6) is 0 Å². The van der Waals surface area contributed by atoms with Gasteiger partial charge in [0.1, 0.15) is 0 Å². The number of benzene rings is 10. The van der Waals surface area contributed by atoms with Gasteiger partial charge in [-0.15, -0.1) is 0 Å². The SMILES string of the molecule is c1ccc(-c2ccc(N(c3ccc(-c4cccc(-c5ccccc5)c4)cc3)c3ccccc3-c3cccc(-c4cccc5c4c4ccccc4n5-c4ccccc4)c3)cc2)cc1. The first-order chi connectivity index (χ1) is 30.8. The molecule has 0 atom stereocenters. The molecule has 2 heteroatoms. The monoisotopic (exact) mass is 790 g/mol. The summed E-state index contributed by atoms with van der Waals surface area (Å²) >= 11 is 0. The first-order valence-electron chi connectivity index (χ1n) is 21.3. The molecule has 0 spiro atoms. The Labute approximate surface area is 362 Å². The molecule has 0 unspecified atom stereocenters. The highest BCUT2D eigenvalue weighted by molar-refractivity contribution is 6.16. The zero-order valence-corrected chi connectivity index (χ0v) is 34.1. The Bertz CT molecular complexity index is 3310. The van der Waals surface area contributed by atoms with Crippen molar-refractivity contribution in [3.05, 3.63) is 255 Å². The maximum absolute atomic E-state index is 2.40. The Hall–Kier alpha value is -8.20. The third-order valence-corrected chi connectivity index (χ3v) is 12.0. The average Bonchev–Trinajstić information content (AvgIpc) is 3.70. The fraction of sp³-hybridized carbons (Fsp3) is 0. The molecule has 1 aromatic heterocycles. The van der Waals surface area contributed by atoms with Crippen LogP contribution in [-0.2, 0) is 0 Å². The largest absolute Gasteiger partial charge is 0.310 e. The van der Waals surface area contributed by atoms with Crippen molar-refractivity contribution >= 4 is 38.9 Å². The highest BCUT2D eigenvalue weighted by Gasteiger charge is 2.20. The van der Waals surface area contributed by atoms with Gasteiger partial charge in [0.2, 0.25) is 0 Å². The zero-order valence-electron chi connectivity index (χ0n) is 34.1. The van der Waals surface area contributed by atoms with Crippen molar-refractivity contribution in [2.24, 2.45) is 0 Å². The van der Waals surface area contributed by atoms with E-state index in [4.69, 9.17) is 0 Å². The van der Waals surface area contributed by atoms with Gasteiger partial charge >= 0.3 is 0 Å². The maximum Gasteiger partial charge on any atom is 0.0547 e. The number of fused-ring (bicyclic) bond motifs is 3. The topological polar surface area (TPSA) is 8.17 Å². The normalized spacial score (nSPS) is 11.2. The van der Waals surface area contributed by atoms with Crippen LogP contribution >= 0.6 is 0 Å². The lowest BCUT2D eigenvalue weighted by Crippen LogP contribution is -2.11. The molecule has 0 saturated carbocycles. The second-order valence-corrected chi connectivity index (χ2v) is 15.7. The lowest BCUT2D eigenvalue weighted by Gasteiger charge is -2.28. The highest BCUT2D eigenvalue weighted by Crippen LogP contribution is 2.44. The molecule has 2 nitrogen and oxygen atoms in total. The third kappa shape index (κ3) is 6.84. The molecule has 292 valence electrons. The summed E-state index contributed by atoms with van der Waals surface area (Å²) in [6.45, 7) is 0. The molecule has 0 amide bonds. The summed E-state index contributed by atoms with van der Waals surface area (Å²) in [7, 11) is 0. The van der Waals surface area contributed by atoms with Crippen molar-refractivity contribution in [3.63, 3.8) is 0 Å². The van der Waals surface area contributed by atoms with E-state index in [0.29, 0.717) is 0 Å². The van der Waals surface area contributed by atoms with E-state index in [-0.39, 0.29) is 0 Å². The van der Waals surface area contributed by atoms with E-state index >= 15 is 0 Å². The molecule has 1 heterocycles. The van der Waals surface area contributed by atoms with Crippen LogP contribution in [0.2, 0.25) is 0 Å². The Morgan fingerprint density at radius 1 is 0.274 bits per heavy atom. The minimum Gasteiger partial charge on any atom is -0.310 e. The molecule has 0 aliphatic rings. The van der Waals surface area contributed by atoms with Crippen LogP contribution in [0.3, 0.4) is 0 Å². The molecule has 11 rings (SSSR count). The quantitative estimate of drug-likeness (QED) is 0.141. The van der Waals surface area contributed by atoms with E-state index in [2.05, 4.69) is 264 Å². The Morgan fingerprint density at radius 2 is 0.694 bits per heavy atom. The molecule has 0 aliphatic carbocycles. The van der Waals surface area contributed by atoms with Gasteiger partial charge in [0, 0.05) is 33.4 Å². The lowest BCUT2D eigenvalue weighted by molar-refractivity contribution is 1.18. The summed E-state index contributed by atoms with van der Waals surface area (Å²) in [5.41, 5.74) is 18.7. The van der Waals surface area contributed by atoms with E-state index in [1.165, 1.54) is 66.3 Å². The minimum absolute atomic E-state index is 1.09. The number of para-hydroxylation sites is 3. The van der Waals surface area contributed by atoms with E-state index in [1.807, 2.05) is 0 Å². The van der Waals surface area contributed by atoms with Gasteiger partial charge in [0.05, 0.1) is 16.7 Å². The second kappa shape index (κ2) is 16.1. The standard InChI is InChI=1S/C60H42N2/c1-4-17-43(18-5-1)45-33-37-52(38-34-45)61(53-39-35-46(36-40-53)48-22-14-21-47(41-48)44-19-6-2-7-20-44)57-30-12-10-27-54(57)49-23-15-24-50(42-49)55-29-16-32-59-60(55)56-28-11-13-31-58(56)62(59)51-25-8-3-9-26-51/h1-42H. The number of hydrogen-bond donors (Lipinski definition) is 0. The van der Waals surface area contributed by atoms with Crippen LogP contribution in [-0.4, -0.2) is 4.57 Å². The van der Waals surface area contributed by atoms with Crippen LogP contribution in [0.4, 0.5) is 17.1 Å². The molecular formula is C60H42N2. The summed E-state index contributed by atoms with van der Waals surface area (Å²) in [6, 6.07) is 92.0. The molecule has 0 saturated heterocycles. The van der Waals surface area contributed by atoms with E-state index in [0.717, 1.165) is 33.9 Å². The molecule has 0 fully saturated rings. The Kier molecular flexibility index (Phi) is 9.57. The third-order valence-electron chi connectivity index (χ3n) is 12.0. The highest BCUT2D eigenvalue weighted by atomic mass is 15.1. The molecule has 0 radical (unpaired) electrons. The van der Waals surface area contributed by atoms with Gasteiger partial charge in [-0.2, -0.15) is 0 Å². The van der Waals surface area contributed by atoms with Crippen molar-refractivity contribution in [2.45, 2.75) is 0 Å². The molecule has 0 aliphatic heterocycles. The van der Waals surface area contributed by atoms with Crippen molar-refractivity contribution in [3.8, 4) is 61.3 Å². The van der Waals surface area contributed by atoms with E-state index < -0.39 is 0 Å². The number of anilines is 3. The minimum atomic E-state index is 1.09. The lowest BCUT2D eigenvalue weighted by atomic mass is 9.94. The molecule has 0 bridgehead atoms. The number of aromatic nitrogens is 1. The van der Waals surface area contributed by atoms with Crippen LogP contribution in [0.15, 0.2) is 255 Å². The van der Waals surface area contributed by atoms with Crippen LogP contribution in [0.25, 0.3) is 83.1 Å². The zero-order chi connectivity index (χ0) is 41.2. The summed E-state index contributed by atoms with van der Waals surface area (Å²) in [6.07, 6.45) is 0. The van der Waals surface area contributed by atoms with Gasteiger partial charge in [-0.25, -0.2) is 0 Å². The van der Waals surface area contributed by atoms with Crippen LogP contribution < -0.4 is 4.90 Å². The number of hydrogen-bond acceptors (Lipinski definition) is 1. The van der Waals surface area contributed by atoms with E-state index in [9.17, 15) is 0 Å². The van der Waals surface area contributed by atoms with Gasteiger partial charge in [0.25, 0.3) is 0 Å². The Morgan fingerprint density at radius 3 is 1.35 bits per heavy atom. The van der Waals surface area contributed by atoms with Crippen LogP contribution in [0, 0.1) is 0 Å². The second-order valence-electron chi connectivity index (χ2n) is 15.7. The first kappa shape index (κ1) is 36.8. The summed E-state index contributed by atoms with van der Waals surface area (Å²) < 4.78 is 2.39. The molecule has 10 aromatic carbocycles. The van der Waals surface area contributed by atoms with Gasteiger partial charge in [-0.1, -0.05) is 188 Å². The van der Waals surface area contributed by atoms with Gasteiger partial charge in [-0.3, -0.25) is 0 Å². The smallest absolute Gasteiger partial charge is 0.0547 e. The van der Waals surface area contributed by atoms with Crippen molar-refractivity contribution in [2.75, 3.05) is 4.90 Å². The Balaban J connectivity index is 1.03. The van der Waals surface area contributed by atoms with E-state index in [1.54, 1.807) is 0 Å². The fourth-order valence-electron chi connectivity index (χ4n) is 9.05. The van der Waals surface area contributed by atoms with Crippen molar-refractivity contribution < 1.29 is 0 Å². The number of nitrogens with zero attached hydrogens (tertiary/aromatic N) is 2. The summed E-state index contributed by atoms with van der Waals surface area (Å²) in [5.74, 6) is 0. The van der Waals surface area contributed by atoms with Gasteiger partial charge in [-0.05, 0) is 117 Å². The first-order valence-corrected chi connectivity index (χ1v) is 21.3. The van der Waals surface area contributed by atoms with Gasteiger partial charge in [0.15, 0.2) is 0 Å². The van der Waals surface area contributed by atoms with Gasteiger partial charge < -0.3 is 9.47 Å². The molecular weight excluding hydrogens is 749 g/mol.